The molecule has 20 heavy (non-hydrogen) atoms. The van der Waals surface area contributed by atoms with Gasteiger partial charge in [0.25, 0.3) is 5.91 Å². The van der Waals surface area contributed by atoms with Gasteiger partial charge < -0.3 is 5.32 Å². The molecule has 1 aliphatic heterocycles. The van der Waals surface area contributed by atoms with Gasteiger partial charge in [-0.3, -0.25) is 4.79 Å². The third-order valence-corrected chi connectivity index (χ3v) is 5.40. The van der Waals surface area contributed by atoms with Crippen LogP contribution in [0.2, 0.25) is 0 Å². The van der Waals surface area contributed by atoms with Crippen molar-refractivity contribution >= 4 is 15.7 Å². The number of hydrogen-bond acceptors (Lipinski definition) is 3. The zero-order chi connectivity index (χ0) is 14.8. The fraction of sp³-hybridized carbons (Fsp3) is 0.571. The standard InChI is InChI=1S/C14H20N2O3S/c1-3-12-5-4-11(2)16(8-12)9-14(17)15-13-6-7-20(18,19)10-13/h4-5,8,13H,3,6-7,9-10H2,1-2H3/p+1/t13-/m0/s1. The molecule has 1 aliphatic rings. The zero-order valence-corrected chi connectivity index (χ0v) is 12.7. The van der Waals surface area contributed by atoms with E-state index in [1.165, 1.54) is 5.56 Å². The minimum absolute atomic E-state index is 0.0669. The molecule has 6 heteroatoms. The van der Waals surface area contributed by atoms with Crippen LogP contribution >= 0.6 is 0 Å². The van der Waals surface area contributed by atoms with Crippen molar-refractivity contribution in [1.82, 2.24) is 5.32 Å². The number of aryl methyl sites for hydroxylation is 2. The van der Waals surface area contributed by atoms with Gasteiger partial charge in [-0.15, -0.1) is 0 Å². The first-order valence-corrected chi connectivity index (χ1v) is 8.70. The lowest BCUT2D eigenvalue weighted by Crippen LogP contribution is -2.47. The SMILES string of the molecule is CCc1ccc(C)[n+](CC(=O)N[C@H]2CCS(=O)(=O)C2)c1. The van der Waals surface area contributed by atoms with E-state index in [4.69, 9.17) is 0 Å². The molecule has 2 rings (SSSR count). The van der Waals surface area contributed by atoms with Crippen molar-refractivity contribution in [1.29, 1.82) is 0 Å². The Balaban J connectivity index is 1.98. The van der Waals surface area contributed by atoms with Crippen LogP contribution in [0.3, 0.4) is 0 Å². The van der Waals surface area contributed by atoms with Crippen LogP contribution in [0, 0.1) is 6.92 Å². The Morgan fingerprint density at radius 2 is 2.20 bits per heavy atom. The Morgan fingerprint density at radius 1 is 1.45 bits per heavy atom. The molecule has 0 aliphatic carbocycles. The molecule has 1 aromatic rings. The summed E-state index contributed by atoms with van der Waals surface area (Å²) in [6.07, 6.45) is 3.41. The van der Waals surface area contributed by atoms with Gasteiger partial charge in [-0.25, -0.2) is 8.42 Å². The largest absolute Gasteiger partial charge is 0.347 e. The van der Waals surface area contributed by atoms with Crippen LogP contribution in [0.25, 0.3) is 0 Å². The summed E-state index contributed by atoms with van der Waals surface area (Å²) < 4.78 is 24.6. The van der Waals surface area contributed by atoms with E-state index in [2.05, 4.69) is 12.2 Å². The molecule has 1 fully saturated rings. The predicted molar refractivity (Wildman–Crippen MR) is 76.0 cm³/mol. The first kappa shape index (κ1) is 15.0. The molecular weight excluding hydrogens is 276 g/mol. The number of hydrogen-bond donors (Lipinski definition) is 1. The van der Waals surface area contributed by atoms with Crippen molar-refractivity contribution in [2.24, 2.45) is 0 Å². The van der Waals surface area contributed by atoms with Crippen LogP contribution in [-0.4, -0.2) is 31.9 Å². The lowest BCUT2D eigenvalue weighted by molar-refractivity contribution is -0.690. The number of rotatable bonds is 4. The highest BCUT2D eigenvalue weighted by Crippen LogP contribution is 2.10. The molecule has 1 atom stereocenters. The molecule has 0 spiro atoms. The van der Waals surface area contributed by atoms with Crippen LogP contribution in [-0.2, 0) is 27.6 Å². The lowest BCUT2D eigenvalue weighted by atomic mass is 10.2. The number of carbonyl (C=O) groups excluding carboxylic acids is 1. The molecule has 0 unspecified atom stereocenters. The van der Waals surface area contributed by atoms with Gasteiger partial charge in [-0.1, -0.05) is 6.92 Å². The molecule has 0 aromatic carbocycles. The maximum absolute atomic E-state index is 12.0. The smallest absolute Gasteiger partial charge is 0.286 e. The van der Waals surface area contributed by atoms with Gasteiger partial charge in [-0.2, -0.15) is 4.57 Å². The number of nitrogens with one attached hydrogen (secondary N) is 1. The summed E-state index contributed by atoms with van der Waals surface area (Å²) in [7, 11) is -2.95. The Morgan fingerprint density at radius 3 is 2.80 bits per heavy atom. The maximum Gasteiger partial charge on any atom is 0.286 e. The molecule has 0 radical (unpaired) electrons. The number of carbonyl (C=O) groups is 1. The van der Waals surface area contributed by atoms with Crippen LogP contribution < -0.4 is 9.88 Å². The summed E-state index contributed by atoms with van der Waals surface area (Å²) in [5, 5.41) is 2.81. The van der Waals surface area contributed by atoms with E-state index in [1.807, 2.05) is 29.8 Å². The van der Waals surface area contributed by atoms with E-state index in [-0.39, 0.29) is 30.0 Å². The van der Waals surface area contributed by atoms with Gasteiger partial charge in [-0.05, 0) is 18.9 Å². The zero-order valence-electron chi connectivity index (χ0n) is 11.9. The first-order valence-electron chi connectivity index (χ1n) is 6.88. The van der Waals surface area contributed by atoms with Gasteiger partial charge >= 0.3 is 0 Å². The molecule has 1 aromatic heterocycles. The highest BCUT2D eigenvalue weighted by atomic mass is 32.2. The number of amides is 1. The summed E-state index contributed by atoms with van der Waals surface area (Å²) in [5.74, 6) is 0.112. The van der Waals surface area contributed by atoms with Crippen molar-refractivity contribution in [3.63, 3.8) is 0 Å². The van der Waals surface area contributed by atoms with E-state index in [9.17, 15) is 13.2 Å². The molecule has 0 saturated carbocycles. The summed E-state index contributed by atoms with van der Waals surface area (Å²) in [5.41, 5.74) is 2.18. The maximum atomic E-state index is 12.0. The van der Waals surface area contributed by atoms with E-state index in [0.29, 0.717) is 6.42 Å². The fourth-order valence-corrected chi connectivity index (χ4v) is 4.06. The average molecular weight is 297 g/mol. The number of nitrogens with zero attached hydrogens (tertiary/aromatic N) is 1. The normalized spacial score (nSPS) is 20.8. The third kappa shape index (κ3) is 3.79. The van der Waals surface area contributed by atoms with E-state index >= 15 is 0 Å². The lowest BCUT2D eigenvalue weighted by Gasteiger charge is -2.09. The molecule has 5 nitrogen and oxygen atoms in total. The van der Waals surface area contributed by atoms with Crippen LogP contribution in [0.5, 0.6) is 0 Å². The molecule has 1 N–H and O–H groups in total. The second-order valence-corrected chi connectivity index (χ2v) is 7.56. The van der Waals surface area contributed by atoms with Crippen molar-refractivity contribution in [3.05, 3.63) is 29.6 Å². The number of aromatic nitrogens is 1. The van der Waals surface area contributed by atoms with Crippen molar-refractivity contribution in [2.75, 3.05) is 11.5 Å². The van der Waals surface area contributed by atoms with Gasteiger partial charge in [0.1, 0.15) is 0 Å². The van der Waals surface area contributed by atoms with Gasteiger partial charge in [0.2, 0.25) is 6.54 Å². The topological polar surface area (TPSA) is 67.1 Å². The average Bonchev–Trinajstić information content (AvgIpc) is 2.71. The molecule has 110 valence electrons. The van der Waals surface area contributed by atoms with E-state index in [1.54, 1.807) is 0 Å². The second-order valence-electron chi connectivity index (χ2n) is 5.33. The highest BCUT2D eigenvalue weighted by molar-refractivity contribution is 7.91. The molecular formula is C14H21N2O3S+. The van der Waals surface area contributed by atoms with E-state index in [0.717, 1.165) is 12.1 Å². The van der Waals surface area contributed by atoms with Crippen molar-refractivity contribution < 1.29 is 17.8 Å². The Hall–Kier alpha value is -1.43. The highest BCUT2D eigenvalue weighted by Gasteiger charge is 2.29. The molecule has 0 bridgehead atoms. The first-order chi connectivity index (χ1) is 9.39. The van der Waals surface area contributed by atoms with Crippen LogP contribution in [0.15, 0.2) is 18.3 Å². The Bertz CT molecular complexity index is 611. The molecule has 2 heterocycles. The van der Waals surface area contributed by atoms with E-state index < -0.39 is 9.84 Å². The van der Waals surface area contributed by atoms with Crippen LogP contribution in [0.1, 0.15) is 24.6 Å². The molecule has 1 saturated heterocycles. The van der Waals surface area contributed by atoms with Crippen molar-refractivity contribution in [3.8, 4) is 0 Å². The number of sulfone groups is 1. The predicted octanol–water partition coefficient (Wildman–Crippen LogP) is 0.148. The summed E-state index contributed by atoms with van der Waals surface area (Å²) in [6, 6.07) is 3.81. The second kappa shape index (κ2) is 5.91. The van der Waals surface area contributed by atoms with Gasteiger partial charge in [0.05, 0.1) is 11.5 Å². The van der Waals surface area contributed by atoms with Crippen molar-refractivity contribution in [2.45, 2.75) is 39.3 Å². The Kier molecular flexibility index (Phi) is 4.42. The third-order valence-electron chi connectivity index (χ3n) is 3.63. The van der Waals surface area contributed by atoms with Gasteiger partial charge in [0, 0.05) is 24.6 Å². The minimum atomic E-state index is -2.95. The summed E-state index contributed by atoms with van der Waals surface area (Å²) in [6.45, 7) is 4.25. The summed E-state index contributed by atoms with van der Waals surface area (Å²) in [4.78, 5) is 12.0. The minimum Gasteiger partial charge on any atom is -0.347 e. The van der Waals surface area contributed by atoms with Gasteiger partial charge in [0.15, 0.2) is 21.7 Å². The number of pyridine rings is 1. The fourth-order valence-electron chi connectivity index (χ4n) is 2.38. The monoisotopic (exact) mass is 297 g/mol. The van der Waals surface area contributed by atoms with Crippen LogP contribution in [0.4, 0.5) is 0 Å². The summed E-state index contributed by atoms with van der Waals surface area (Å²) >= 11 is 0. The molecule has 1 amide bonds. The Labute approximate surface area is 119 Å². The quantitative estimate of drug-likeness (QED) is 0.804.